The van der Waals surface area contributed by atoms with Gasteiger partial charge in [-0.3, -0.25) is 14.4 Å². The van der Waals surface area contributed by atoms with Crippen LogP contribution in [0.3, 0.4) is 0 Å². The molecule has 0 unspecified atom stereocenters. The Morgan fingerprint density at radius 2 is 1.20 bits per heavy atom. The summed E-state index contributed by atoms with van der Waals surface area (Å²) in [7, 11) is 0. The molecule has 2 saturated heterocycles. The highest BCUT2D eigenvalue weighted by molar-refractivity contribution is 8.27. The quantitative estimate of drug-likeness (QED) is 0.0958. The number of benzene rings is 2. The fourth-order valence-corrected chi connectivity index (χ4v) is 6.85. The molecule has 2 aliphatic rings. The van der Waals surface area contributed by atoms with Gasteiger partial charge in [0.1, 0.15) is 31.7 Å². The molecule has 3 amide bonds. The van der Waals surface area contributed by atoms with Gasteiger partial charge in [0.25, 0.3) is 17.7 Å². The molecule has 2 aromatic carbocycles. The number of nitrogens with zero attached hydrogens (tertiary/aromatic N) is 1. The molecule has 262 valence electrons. The van der Waals surface area contributed by atoms with Gasteiger partial charge in [0, 0.05) is 41.9 Å². The molecule has 0 atom stereocenters. The Bertz CT molecular complexity index is 2030. The van der Waals surface area contributed by atoms with Crippen molar-refractivity contribution >= 4 is 92.4 Å². The van der Waals surface area contributed by atoms with E-state index in [1.54, 1.807) is 54.6 Å². The van der Waals surface area contributed by atoms with Crippen molar-refractivity contribution in [3.05, 3.63) is 105 Å². The monoisotopic (exact) mass is 760 g/mol. The number of carboxylic acids is 1. The Labute approximate surface area is 312 Å². The van der Waals surface area contributed by atoms with Gasteiger partial charge in [-0.05, 0) is 61.6 Å². The van der Waals surface area contributed by atoms with E-state index >= 15 is 0 Å². The number of nitrogens with one attached hydrogen (secondary N) is 3. The molecule has 0 aliphatic carbocycles. The number of hydrogen-bond acceptors (Lipinski definition) is 11. The number of thioether (sulfide) groups is 2. The Morgan fingerprint density at radius 3 is 1.59 bits per heavy atom. The van der Waals surface area contributed by atoms with Gasteiger partial charge in [-0.1, -0.05) is 86.1 Å². The van der Waals surface area contributed by atoms with Crippen LogP contribution in [-0.4, -0.2) is 68.5 Å². The number of carbonyl (C=O) groups is 4. The Balaban J connectivity index is 0.000000205. The number of furan rings is 2. The van der Waals surface area contributed by atoms with Crippen LogP contribution in [0.4, 0.5) is 0 Å². The molecule has 0 spiro atoms. The van der Waals surface area contributed by atoms with Crippen molar-refractivity contribution in [3.63, 3.8) is 0 Å². The summed E-state index contributed by atoms with van der Waals surface area (Å²) in [5.74, 6) is 0.838. The molecule has 0 saturated carbocycles. The minimum Gasteiger partial charge on any atom is -0.478 e. The van der Waals surface area contributed by atoms with Crippen LogP contribution in [0.15, 0.2) is 91.4 Å². The molecule has 6 rings (SSSR count). The van der Waals surface area contributed by atoms with E-state index in [4.69, 9.17) is 38.4 Å². The van der Waals surface area contributed by atoms with E-state index in [1.807, 2.05) is 18.2 Å². The number of likely N-dealkylation sites (N-methyl/N-ethyl adjacent to an activating group) is 1. The number of carboxylic acid groups (broad SMARTS) is 1. The van der Waals surface area contributed by atoms with Crippen LogP contribution in [0.1, 0.15) is 46.1 Å². The van der Waals surface area contributed by atoms with E-state index in [1.165, 1.54) is 35.7 Å². The minimum absolute atomic E-state index is 0.0891. The van der Waals surface area contributed by atoms with Gasteiger partial charge in [0.15, 0.2) is 0 Å². The van der Waals surface area contributed by atoms with Gasteiger partial charge in [0.2, 0.25) is 0 Å². The lowest BCUT2D eigenvalue weighted by atomic mass is 10.1. The molecule has 2 fully saturated rings. The van der Waals surface area contributed by atoms with Crippen molar-refractivity contribution in [2.45, 2.75) is 13.8 Å². The van der Waals surface area contributed by atoms with Crippen LogP contribution < -0.4 is 16.0 Å². The molecule has 2 aromatic heterocycles. The van der Waals surface area contributed by atoms with Crippen molar-refractivity contribution in [1.82, 2.24) is 20.9 Å². The topological polar surface area (TPSA) is 154 Å². The number of amides is 3. The summed E-state index contributed by atoms with van der Waals surface area (Å²) in [4.78, 5) is 49.7. The minimum atomic E-state index is -0.975. The van der Waals surface area contributed by atoms with Crippen LogP contribution in [-0.2, 0) is 9.59 Å². The van der Waals surface area contributed by atoms with Crippen LogP contribution in [0, 0.1) is 0 Å². The summed E-state index contributed by atoms with van der Waals surface area (Å²) in [6, 6.07) is 20.8. The third-order valence-corrected chi connectivity index (χ3v) is 9.87. The predicted molar refractivity (Wildman–Crippen MR) is 208 cm³/mol. The maximum absolute atomic E-state index is 12.3. The first-order valence-electron chi connectivity index (χ1n) is 15.7. The van der Waals surface area contributed by atoms with Crippen LogP contribution in [0.5, 0.6) is 0 Å². The third kappa shape index (κ3) is 10.1. The fourth-order valence-electron chi connectivity index (χ4n) is 4.80. The maximum atomic E-state index is 12.3. The predicted octanol–water partition coefficient (Wildman–Crippen LogP) is 6.64. The largest absolute Gasteiger partial charge is 0.478 e. The van der Waals surface area contributed by atoms with Crippen molar-refractivity contribution in [2.75, 3.05) is 26.2 Å². The molecule has 4 aromatic rings. The van der Waals surface area contributed by atoms with Gasteiger partial charge >= 0.3 is 5.97 Å². The summed E-state index contributed by atoms with van der Waals surface area (Å²) in [6.07, 6.45) is 3.29. The van der Waals surface area contributed by atoms with E-state index < -0.39 is 5.97 Å². The normalized spacial score (nSPS) is 15.6. The second-order valence-corrected chi connectivity index (χ2v) is 14.3. The lowest BCUT2D eigenvalue weighted by Gasteiger charge is -2.17. The zero-order valence-corrected chi connectivity index (χ0v) is 30.7. The number of aromatic carboxylic acids is 1. The van der Waals surface area contributed by atoms with E-state index in [-0.39, 0.29) is 23.3 Å². The maximum Gasteiger partial charge on any atom is 0.335 e. The fraction of sp³-hybridized carbons (Fsp3) is 0.167. The molecular weight excluding hydrogens is 729 g/mol. The smallest absolute Gasteiger partial charge is 0.335 e. The van der Waals surface area contributed by atoms with E-state index in [0.29, 0.717) is 53.6 Å². The SMILES string of the molecule is CCN(CC)CCNC(=O)c1ccc(-c2ccc(/C=C3\SC(=S)NC3=O)o2)cc1.O=C1NC(=S)S/C1=C\c1ccc(-c2ccc(C(=O)O)cc2)o1. The van der Waals surface area contributed by atoms with E-state index in [0.717, 1.165) is 30.8 Å². The van der Waals surface area contributed by atoms with Crippen molar-refractivity contribution in [2.24, 2.45) is 0 Å². The van der Waals surface area contributed by atoms with Gasteiger partial charge in [-0.2, -0.15) is 0 Å². The second kappa shape index (κ2) is 17.4. The van der Waals surface area contributed by atoms with Gasteiger partial charge < -0.3 is 34.8 Å². The summed E-state index contributed by atoms with van der Waals surface area (Å²) >= 11 is 12.3. The Hall–Kier alpha value is -4.80. The highest BCUT2D eigenvalue weighted by Gasteiger charge is 2.23. The molecule has 0 bridgehead atoms. The number of rotatable bonds is 11. The molecule has 11 nitrogen and oxygen atoms in total. The van der Waals surface area contributed by atoms with Crippen LogP contribution in [0.25, 0.3) is 34.8 Å². The number of carbonyl (C=O) groups excluding carboxylic acids is 3. The van der Waals surface area contributed by atoms with Crippen molar-refractivity contribution in [1.29, 1.82) is 0 Å². The standard InChI is InChI=1S/C21H23N3O3S2.C15H9NO4S2/c1-3-24(4-2)12-11-22-19(25)15-7-5-14(6-8-15)17-10-9-16(27-17)13-18-20(26)23-21(28)29-18;17-13-12(22-15(21)16-13)7-10-5-6-11(20-10)8-1-3-9(4-2-8)14(18)19/h5-10,13H,3-4,11-12H2,1-2H3,(H,22,25)(H,23,26,28);1-7H,(H,18,19)(H,16,17,21)/b18-13-;12-7-. The summed E-state index contributed by atoms with van der Waals surface area (Å²) < 4.78 is 12.3. The lowest BCUT2D eigenvalue weighted by Crippen LogP contribution is -2.34. The third-order valence-electron chi connectivity index (χ3n) is 7.54. The number of thiocarbonyl (C=S) groups is 2. The zero-order valence-electron chi connectivity index (χ0n) is 27.4. The first-order valence-corrected chi connectivity index (χ1v) is 18.1. The van der Waals surface area contributed by atoms with Crippen molar-refractivity contribution in [3.8, 4) is 22.6 Å². The average Bonchev–Trinajstić information content (AvgIpc) is 3.92. The van der Waals surface area contributed by atoms with E-state index in [2.05, 4.69) is 34.7 Å². The first-order chi connectivity index (χ1) is 24.5. The lowest BCUT2D eigenvalue weighted by molar-refractivity contribution is -0.116. The highest BCUT2D eigenvalue weighted by Crippen LogP contribution is 2.30. The molecule has 0 radical (unpaired) electrons. The summed E-state index contributed by atoms with van der Waals surface area (Å²) in [5, 5.41) is 16.9. The van der Waals surface area contributed by atoms with Crippen LogP contribution in [0.2, 0.25) is 0 Å². The Kier molecular flexibility index (Phi) is 12.8. The molecule has 4 N–H and O–H groups in total. The molecule has 4 heterocycles. The van der Waals surface area contributed by atoms with Gasteiger partial charge in [-0.25, -0.2) is 4.79 Å². The molecule has 15 heteroatoms. The zero-order chi connectivity index (χ0) is 36.5. The highest BCUT2D eigenvalue weighted by atomic mass is 32.2. The second-order valence-electron chi connectivity index (χ2n) is 10.9. The molecule has 51 heavy (non-hydrogen) atoms. The van der Waals surface area contributed by atoms with Crippen molar-refractivity contribution < 1.29 is 33.1 Å². The van der Waals surface area contributed by atoms with Gasteiger partial charge in [-0.15, -0.1) is 0 Å². The summed E-state index contributed by atoms with van der Waals surface area (Å²) in [6.45, 7) is 7.61. The Morgan fingerprint density at radius 1 is 0.745 bits per heavy atom. The van der Waals surface area contributed by atoms with Gasteiger partial charge in [0.05, 0.1) is 15.4 Å². The molecule has 2 aliphatic heterocycles. The average molecular weight is 761 g/mol. The van der Waals surface area contributed by atoms with E-state index in [9.17, 15) is 19.2 Å². The first kappa shape index (κ1) is 37.5. The molecular formula is C36H32N4O7S4. The number of hydrogen-bond donors (Lipinski definition) is 4. The summed E-state index contributed by atoms with van der Waals surface area (Å²) in [5.41, 5.74) is 2.43. The van der Waals surface area contributed by atoms with Crippen LogP contribution >= 0.6 is 48.0 Å².